The largest absolute Gasteiger partial charge is 0.481 e. The van der Waals surface area contributed by atoms with Gasteiger partial charge in [-0.2, -0.15) is 0 Å². The van der Waals surface area contributed by atoms with Gasteiger partial charge in [-0.25, -0.2) is 0 Å². The summed E-state index contributed by atoms with van der Waals surface area (Å²) in [5.74, 6) is -0.669. The van der Waals surface area contributed by atoms with Crippen LogP contribution in [0.2, 0.25) is 0 Å². The number of aliphatic carboxylic acids is 1. The number of carboxylic acid groups (broad SMARTS) is 1. The molecule has 0 radical (unpaired) electrons. The zero-order chi connectivity index (χ0) is 16.6. The number of nitrogens with one attached hydrogen (secondary N) is 1. The van der Waals surface area contributed by atoms with Crippen LogP contribution in [0.4, 0.5) is 0 Å². The molecule has 0 saturated heterocycles. The molecule has 0 saturated carbocycles. The van der Waals surface area contributed by atoms with Gasteiger partial charge in [0.15, 0.2) is 5.78 Å². The highest BCUT2D eigenvalue weighted by Gasteiger charge is 2.21. The lowest BCUT2D eigenvalue weighted by Crippen LogP contribution is -2.44. The third kappa shape index (κ3) is 7.26. The molecule has 120 valence electrons. The van der Waals surface area contributed by atoms with Gasteiger partial charge >= 0.3 is 5.97 Å². The molecule has 1 aromatic carbocycles. The molecule has 22 heavy (non-hydrogen) atoms. The summed E-state index contributed by atoms with van der Waals surface area (Å²) < 4.78 is 0. The first-order chi connectivity index (χ1) is 10.3. The van der Waals surface area contributed by atoms with Crippen molar-refractivity contribution in [3.63, 3.8) is 0 Å². The SMILES string of the molecule is CC(C)(CCC(=O)O)NC(=O)CSCC(=O)c1ccccc1. The quantitative estimate of drug-likeness (QED) is 0.682. The fraction of sp³-hybridized carbons (Fsp3) is 0.438. The maximum atomic E-state index is 11.9. The molecule has 5 nitrogen and oxygen atoms in total. The molecule has 0 unspecified atom stereocenters. The Hall–Kier alpha value is -1.82. The van der Waals surface area contributed by atoms with Crippen molar-refractivity contribution in [3.05, 3.63) is 35.9 Å². The fourth-order valence-electron chi connectivity index (χ4n) is 1.84. The lowest BCUT2D eigenvalue weighted by molar-refractivity contribution is -0.137. The first kappa shape index (κ1) is 18.2. The second-order valence-electron chi connectivity index (χ2n) is 5.61. The molecule has 0 aromatic heterocycles. The van der Waals surface area contributed by atoms with Crippen molar-refractivity contribution in [3.8, 4) is 0 Å². The number of Topliss-reactive ketones (excluding diaryl/α,β-unsaturated/α-hetero) is 1. The van der Waals surface area contributed by atoms with E-state index in [9.17, 15) is 14.4 Å². The van der Waals surface area contributed by atoms with Crippen molar-refractivity contribution in [1.29, 1.82) is 0 Å². The van der Waals surface area contributed by atoms with Crippen molar-refractivity contribution >= 4 is 29.4 Å². The maximum absolute atomic E-state index is 11.9. The fourth-order valence-corrected chi connectivity index (χ4v) is 2.55. The Morgan fingerprint density at radius 3 is 2.36 bits per heavy atom. The number of carboxylic acids is 1. The Morgan fingerprint density at radius 2 is 1.77 bits per heavy atom. The normalized spacial score (nSPS) is 11.0. The second-order valence-corrected chi connectivity index (χ2v) is 6.59. The predicted molar refractivity (Wildman–Crippen MR) is 87.2 cm³/mol. The Kier molecular flexibility index (Phi) is 7.11. The van der Waals surface area contributed by atoms with Crippen LogP contribution in [0.1, 0.15) is 37.0 Å². The van der Waals surface area contributed by atoms with Crippen LogP contribution in [0.3, 0.4) is 0 Å². The molecule has 0 aliphatic carbocycles. The monoisotopic (exact) mass is 323 g/mol. The van der Waals surface area contributed by atoms with Crippen LogP contribution in [-0.2, 0) is 9.59 Å². The van der Waals surface area contributed by atoms with E-state index in [1.807, 2.05) is 6.07 Å². The summed E-state index contributed by atoms with van der Waals surface area (Å²) in [5, 5.41) is 11.5. The van der Waals surface area contributed by atoms with Gasteiger partial charge < -0.3 is 10.4 Å². The number of carbonyl (C=O) groups is 3. The number of hydrogen-bond donors (Lipinski definition) is 2. The maximum Gasteiger partial charge on any atom is 0.303 e. The summed E-state index contributed by atoms with van der Waals surface area (Å²) in [6.45, 7) is 3.57. The van der Waals surface area contributed by atoms with E-state index in [2.05, 4.69) is 5.32 Å². The zero-order valence-corrected chi connectivity index (χ0v) is 13.6. The van der Waals surface area contributed by atoms with E-state index in [0.29, 0.717) is 12.0 Å². The van der Waals surface area contributed by atoms with Crippen molar-refractivity contribution in [2.24, 2.45) is 0 Å². The average Bonchev–Trinajstić information content (AvgIpc) is 2.45. The van der Waals surface area contributed by atoms with E-state index in [4.69, 9.17) is 5.11 Å². The molecule has 0 aliphatic rings. The molecule has 6 heteroatoms. The molecule has 1 aromatic rings. The van der Waals surface area contributed by atoms with E-state index in [0.717, 1.165) is 0 Å². The van der Waals surface area contributed by atoms with Crippen molar-refractivity contribution in [1.82, 2.24) is 5.32 Å². The summed E-state index contributed by atoms with van der Waals surface area (Å²) >= 11 is 1.25. The summed E-state index contributed by atoms with van der Waals surface area (Å²) in [5.41, 5.74) is 0.0663. The van der Waals surface area contributed by atoms with Gasteiger partial charge in [-0.3, -0.25) is 14.4 Å². The Bertz CT molecular complexity index is 528. The molecular weight excluding hydrogens is 302 g/mol. The second kappa shape index (κ2) is 8.58. The average molecular weight is 323 g/mol. The third-order valence-corrected chi connectivity index (χ3v) is 3.94. The molecule has 0 fully saturated rings. The van der Waals surface area contributed by atoms with Crippen LogP contribution in [0.15, 0.2) is 30.3 Å². The minimum Gasteiger partial charge on any atom is -0.481 e. The van der Waals surface area contributed by atoms with Crippen LogP contribution in [0.5, 0.6) is 0 Å². The van der Waals surface area contributed by atoms with Crippen molar-refractivity contribution in [2.45, 2.75) is 32.2 Å². The van der Waals surface area contributed by atoms with Crippen LogP contribution in [-0.4, -0.2) is 39.8 Å². The minimum absolute atomic E-state index is 0.00686. The van der Waals surface area contributed by atoms with Gasteiger partial charge in [0, 0.05) is 17.5 Å². The van der Waals surface area contributed by atoms with E-state index >= 15 is 0 Å². The van der Waals surface area contributed by atoms with Crippen LogP contribution >= 0.6 is 11.8 Å². The van der Waals surface area contributed by atoms with Crippen molar-refractivity contribution < 1.29 is 19.5 Å². The molecule has 0 aliphatic heterocycles. The Morgan fingerprint density at radius 1 is 1.14 bits per heavy atom. The number of hydrogen-bond acceptors (Lipinski definition) is 4. The van der Waals surface area contributed by atoms with E-state index in [-0.39, 0.29) is 29.6 Å². The van der Waals surface area contributed by atoms with Gasteiger partial charge in [0.05, 0.1) is 11.5 Å². The van der Waals surface area contributed by atoms with Gasteiger partial charge in [0.2, 0.25) is 5.91 Å². The first-order valence-electron chi connectivity index (χ1n) is 6.99. The molecule has 1 rings (SSSR count). The van der Waals surface area contributed by atoms with Crippen LogP contribution in [0.25, 0.3) is 0 Å². The third-order valence-electron chi connectivity index (χ3n) is 3.00. The summed E-state index contributed by atoms with van der Waals surface area (Å²) in [7, 11) is 0. The standard InChI is InChI=1S/C16H21NO4S/c1-16(2,9-8-15(20)21)17-14(19)11-22-10-13(18)12-6-4-3-5-7-12/h3-7H,8-11H2,1-2H3,(H,17,19)(H,20,21). The van der Waals surface area contributed by atoms with Gasteiger partial charge in [0.1, 0.15) is 0 Å². The van der Waals surface area contributed by atoms with Gasteiger partial charge in [-0.05, 0) is 20.3 Å². The number of thioether (sulfide) groups is 1. The highest BCUT2D eigenvalue weighted by Crippen LogP contribution is 2.12. The molecule has 0 spiro atoms. The highest BCUT2D eigenvalue weighted by molar-refractivity contribution is 8.00. The van der Waals surface area contributed by atoms with E-state index in [1.54, 1.807) is 38.1 Å². The Balaban J connectivity index is 2.31. The van der Waals surface area contributed by atoms with Crippen molar-refractivity contribution in [2.75, 3.05) is 11.5 Å². The minimum atomic E-state index is -0.884. The molecular formula is C16H21NO4S. The van der Waals surface area contributed by atoms with Crippen LogP contribution < -0.4 is 5.32 Å². The van der Waals surface area contributed by atoms with Gasteiger partial charge in [-0.15, -0.1) is 11.8 Å². The van der Waals surface area contributed by atoms with E-state index < -0.39 is 11.5 Å². The molecule has 1 amide bonds. The van der Waals surface area contributed by atoms with Gasteiger partial charge in [0.25, 0.3) is 0 Å². The predicted octanol–water partition coefficient (Wildman–Crippen LogP) is 2.36. The molecule has 2 N–H and O–H groups in total. The molecule has 0 bridgehead atoms. The molecule has 0 heterocycles. The lowest BCUT2D eigenvalue weighted by Gasteiger charge is -2.25. The number of benzene rings is 1. The topological polar surface area (TPSA) is 83.5 Å². The number of carbonyl (C=O) groups excluding carboxylic acids is 2. The number of rotatable bonds is 9. The summed E-state index contributed by atoms with van der Waals surface area (Å²) in [4.78, 5) is 34.3. The van der Waals surface area contributed by atoms with Gasteiger partial charge in [-0.1, -0.05) is 30.3 Å². The summed E-state index contributed by atoms with van der Waals surface area (Å²) in [6, 6.07) is 8.94. The number of amides is 1. The van der Waals surface area contributed by atoms with E-state index in [1.165, 1.54) is 11.8 Å². The zero-order valence-electron chi connectivity index (χ0n) is 12.8. The highest BCUT2D eigenvalue weighted by atomic mass is 32.2. The van der Waals surface area contributed by atoms with Crippen LogP contribution in [0, 0.1) is 0 Å². The molecule has 0 atom stereocenters. The summed E-state index contributed by atoms with van der Waals surface area (Å²) in [6.07, 6.45) is 0.370. The lowest BCUT2D eigenvalue weighted by atomic mass is 9.98. The smallest absolute Gasteiger partial charge is 0.303 e. The Labute approximate surface area is 134 Å². The number of ketones is 1. The first-order valence-corrected chi connectivity index (χ1v) is 8.14.